The van der Waals surface area contributed by atoms with Crippen molar-refractivity contribution in [3.63, 3.8) is 0 Å². The molecule has 0 bridgehead atoms. The minimum Gasteiger partial charge on any atom is -0.355 e. The lowest BCUT2D eigenvalue weighted by atomic mass is 10.1. The molecule has 21 heavy (non-hydrogen) atoms. The Labute approximate surface area is 122 Å². The van der Waals surface area contributed by atoms with Gasteiger partial charge in [-0.15, -0.1) is 0 Å². The molecule has 7 heteroatoms. The summed E-state index contributed by atoms with van der Waals surface area (Å²) in [5.74, 6) is -0.604. The van der Waals surface area contributed by atoms with E-state index in [0.717, 1.165) is 18.2 Å². The highest BCUT2D eigenvalue weighted by Gasteiger charge is 2.33. The van der Waals surface area contributed by atoms with E-state index in [-0.39, 0.29) is 10.7 Å². The Morgan fingerprint density at radius 3 is 2.24 bits per heavy atom. The average Bonchev–Trinajstić information content (AvgIpc) is 2.41. The third-order valence-electron chi connectivity index (χ3n) is 2.65. The van der Waals surface area contributed by atoms with Gasteiger partial charge >= 0.3 is 6.18 Å². The van der Waals surface area contributed by atoms with Crippen LogP contribution in [0.4, 0.5) is 28.9 Å². The van der Waals surface area contributed by atoms with Gasteiger partial charge in [0.1, 0.15) is 5.82 Å². The standard InChI is InChI=1S/C14H7ClF4N2/c15-12-6-10(2-4-13(12)16)21-9-1-3-11(14(17,18)19)8(5-9)7-20/h1-6,21H. The Hall–Kier alpha value is -2.26. The van der Waals surface area contributed by atoms with Crippen molar-refractivity contribution in [3.8, 4) is 6.07 Å². The fourth-order valence-corrected chi connectivity index (χ4v) is 1.88. The second-order valence-corrected chi connectivity index (χ2v) is 4.53. The molecule has 0 aliphatic rings. The Morgan fingerprint density at radius 2 is 1.67 bits per heavy atom. The van der Waals surface area contributed by atoms with Crippen molar-refractivity contribution in [2.24, 2.45) is 0 Å². The number of nitriles is 1. The lowest BCUT2D eigenvalue weighted by Crippen LogP contribution is -2.08. The monoisotopic (exact) mass is 314 g/mol. The molecular weight excluding hydrogens is 308 g/mol. The van der Waals surface area contributed by atoms with Crippen molar-refractivity contribution >= 4 is 23.0 Å². The molecule has 0 saturated carbocycles. The molecule has 108 valence electrons. The first-order valence-electron chi connectivity index (χ1n) is 5.64. The smallest absolute Gasteiger partial charge is 0.355 e. The third-order valence-corrected chi connectivity index (χ3v) is 2.94. The molecule has 0 atom stereocenters. The number of benzene rings is 2. The van der Waals surface area contributed by atoms with Crippen molar-refractivity contribution in [1.29, 1.82) is 5.26 Å². The number of hydrogen-bond donors (Lipinski definition) is 1. The first-order chi connectivity index (χ1) is 9.81. The number of alkyl halides is 3. The molecule has 0 fully saturated rings. The Morgan fingerprint density at radius 1 is 1.05 bits per heavy atom. The highest BCUT2D eigenvalue weighted by molar-refractivity contribution is 6.31. The number of nitrogens with one attached hydrogen (secondary N) is 1. The molecule has 0 heterocycles. The van der Waals surface area contributed by atoms with Crippen molar-refractivity contribution < 1.29 is 17.6 Å². The first kappa shape index (κ1) is 15.1. The van der Waals surface area contributed by atoms with Gasteiger partial charge in [-0.1, -0.05) is 11.6 Å². The van der Waals surface area contributed by atoms with Gasteiger partial charge in [0.2, 0.25) is 0 Å². The van der Waals surface area contributed by atoms with E-state index in [4.69, 9.17) is 16.9 Å². The fourth-order valence-electron chi connectivity index (χ4n) is 1.70. The topological polar surface area (TPSA) is 35.8 Å². The number of nitrogens with zero attached hydrogens (tertiary/aromatic N) is 1. The molecule has 2 aromatic carbocycles. The summed E-state index contributed by atoms with van der Waals surface area (Å²) >= 11 is 5.61. The number of anilines is 2. The molecule has 0 amide bonds. The molecule has 2 rings (SSSR count). The van der Waals surface area contributed by atoms with Gasteiger partial charge < -0.3 is 5.32 Å². The van der Waals surface area contributed by atoms with Crippen LogP contribution in [0, 0.1) is 17.1 Å². The Balaban J connectivity index is 2.34. The molecule has 2 nitrogen and oxygen atoms in total. The summed E-state index contributed by atoms with van der Waals surface area (Å²) in [7, 11) is 0. The van der Waals surface area contributed by atoms with Crippen molar-refractivity contribution in [2.75, 3.05) is 5.32 Å². The van der Waals surface area contributed by atoms with Crippen LogP contribution < -0.4 is 5.32 Å². The second kappa shape index (κ2) is 5.62. The van der Waals surface area contributed by atoms with Crippen LogP contribution in [0.2, 0.25) is 5.02 Å². The van der Waals surface area contributed by atoms with Crippen LogP contribution in [0.15, 0.2) is 36.4 Å². The number of hydrogen-bond acceptors (Lipinski definition) is 2. The first-order valence-corrected chi connectivity index (χ1v) is 6.02. The summed E-state index contributed by atoms with van der Waals surface area (Å²) in [5.41, 5.74) is -0.847. The minimum atomic E-state index is -4.59. The molecule has 0 aliphatic carbocycles. The van der Waals surface area contributed by atoms with Crippen molar-refractivity contribution in [1.82, 2.24) is 0 Å². The fraction of sp³-hybridized carbons (Fsp3) is 0.0714. The SMILES string of the molecule is N#Cc1cc(Nc2ccc(F)c(Cl)c2)ccc1C(F)(F)F. The molecule has 0 unspecified atom stereocenters. The highest BCUT2D eigenvalue weighted by Crippen LogP contribution is 2.33. The molecule has 0 aliphatic heterocycles. The second-order valence-electron chi connectivity index (χ2n) is 4.12. The molecular formula is C14H7ClF4N2. The van der Waals surface area contributed by atoms with Gasteiger partial charge in [-0.05, 0) is 36.4 Å². The maximum Gasteiger partial charge on any atom is 0.417 e. The number of halogens is 5. The van der Waals surface area contributed by atoms with E-state index in [2.05, 4.69) is 5.32 Å². The van der Waals surface area contributed by atoms with Crippen LogP contribution >= 0.6 is 11.6 Å². The van der Waals surface area contributed by atoms with Gasteiger partial charge in [0.15, 0.2) is 0 Å². The molecule has 0 spiro atoms. The van der Waals surface area contributed by atoms with E-state index >= 15 is 0 Å². The molecule has 0 saturated heterocycles. The van der Waals surface area contributed by atoms with E-state index in [9.17, 15) is 17.6 Å². The van der Waals surface area contributed by atoms with Crippen molar-refractivity contribution in [2.45, 2.75) is 6.18 Å². The zero-order chi connectivity index (χ0) is 15.6. The summed E-state index contributed by atoms with van der Waals surface area (Å²) in [6.45, 7) is 0. The lowest BCUT2D eigenvalue weighted by Gasteiger charge is -2.12. The van der Waals surface area contributed by atoms with E-state index in [1.165, 1.54) is 24.3 Å². The maximum absolute atomic E-state index is 13.0. The molecule has 0 aromatic heterocycles. The van der Waals surface area contributed by atoms with Gasteiger partial charge in [0.05, 0.1) is 22.2 Å². The third kappa shape index (κ3) is 3.44. The van der Waals surface area contributed by atoms with Crippen LogP contribution in [0.5, 0.6) is 0 Å². The summed E-state index contributed by atoms with van der Waals surface area (Å²) < 4.78 is 51.0. The predicted octanol–water partition coefficient (Wildman–Crippen LogP) is 5.11. The van der Waals surface area contributed by atoms with Crippen LogP contribution in [-0.2, 0) is 6.18 Å². The normalized spacial score (nSPS) is 11.0. The Kier molecular flexibility index (Phi) is 4.05. The van der Waals surface area contributed by atoms with Gasteiger partial charge in [0.25, 0.3) is 0 Å². The van der Waals surface area contributed by atoms with E-state index in [1.54, 1.807) is 0 Å². The van der Waals surface area contributed by atoms with Crippen LogP contribution in [0.25, 0.3) is 0 Å². The lowest BCUT2D eigenvalue weighted by molar-refractivity contribution is -0.137. The van der Waals surface area contributed by atoms with Crippen LogP contribution in [-0.4, -0.2) is 0 Å². The summed E-state index contributed by atoms with van der Waals surface area (Å²) in [6.07, 6.45) is -4.59. The Bertz CT molecular complexity index is 720. The van der Waals surface area contributed by atoms with E-state index < -0.39 is 23.1 Å². The maximum atomic E-state index is 13.0. The zero-order valence-electron chi connectivity index (χ0n) is 10.3. The summed E-state index contributed by atoms with van der Waals surface area (Å²) in [5, 5.41) is 11.4. The summed E-state index contributed by atoms with van der Waals surface area (Å²) in [4.78, 5) is 0. The van der Waals surface area contributed by atoms with E-state index in [1.807, 2.05) is 0 Å². The van der Waals surface area contributed by atoms with Gasteiger partial charge in [-0.2, -0.15) is 18.4 Å². The van der Waals surface area contributed by atoms with Crippen LogP contribution in [0.1, 0.15) is 11.1 Å². The molecule has 1 N–H and O–H groups in total. The largest absolute Gasteiger partial charge is 0.417 e. The minimum absolute atomic E-state index is 0.118. The van der Waals surface area contributed by atoms with Gasteiger partial charge in [0, 0.05) is 11.4 Å². The highest BCUT2D eigenvalue weighted by atomic mass is 35.5. The zero-order valence-corrected chi connectivity index (χ0v) is 11.1. The van der Waals surface area contributed by atoms with E-state index in [0.29, 0.717) is 5.69 Å². The van der Waals surface area contributed by atoms with Gasteiger partial charge in [-0.3, -0.25) is 0 Å². The van der Waals surface area contributed by atoms with Crippen molar-refractivity contribution in [3.05, 3.63) is 58.4 Å². The summed E-state index contributed by atoms with van der Waals surface area (Å²) in [6, 6.07) is 8.36. The number of rotatable bonds is 2. The molecule has 0 radical (unpaired) electrons. The quantitative estimate of drug-likeness (QED) is 0.782. The predicted molar refractivity (Wildman–Crippen MR) is 70.9 cm³/mol. The average molecular weight is 315 g/mol. The molecule has 2 aromatic rings. The van der Waals surface area contributed by atoms with Crippen LogP contribution in [0.3, 0.4) is 0 Å². The van der Waals surface area contributed by atoms with Gasteiger partial charge in [-0.25, -0.2) is 4.39 Å².